The van der Waals surface area contributed by atoms with Crippen molar-refractivity contribution in [3.05, 3.63) is 23.8 Å². The van der Waals surface area contributed by atoms with Gasteiger partial charge >= 0.3 is 6.16 Å². The molecule has 0 amide bonds. The van der Waals surface area contributed by atoms with E-state index in [0.717, 1.165) is 5.56 Å². The van der Waals surface area contributed by atoms with Crippen LogP contribution in [0.4, 0.5) is 4.79 Å². The predicted molar refractivity (Wildman–Crippen MR) is 54.6 cm³/mol. The maximum Gasteiger partial charge on any atom is 0.508 e. The lowest BCUT2D eigenvalue weighted by Gasteiger charge is -2.11. The molecule has 0 saturated carbocycles. The van der Waals surface area contributed by atoms with Crippen molar-refractivity contribution in [3.8, 4) is 11.5 Å². The van der Waals surface area contributed by atoms with E-state index in [9.17, 15) is 9.90 Å². The lowest BCUT2D eigenvalue weighted by atomic mass is 10.2. The molecule has 0 aliphatic carbocycles. The molecule has 1 unspecified atom stereocenters. The number of aromatic hydroxyl groups is 1. The standard InChI is InChI=1S/C11H12O5/c1-7-3-2-4-9(10(7)12)14-5-8-6-15-11(13)16-8/h2-4,8,12H,5-6H2,1H3. The number of carbonyl (C=O) groups excluding carboxylic acids is 1. The van der Waals surface area contributed by atoms with E-state index in [2.05, 4.69) is 4.74 Å². The van der Waals surface area contributed by atoms with Crippen molar-refractivity contribution in [3.63, 3.8) is 0 Å². The van der Waals surface area contributed by atoms with E-state index in [4.69, 9.17) is 9.47 Å². The van der Waals surface area contributed by atoms with Crippen LogP contribution >= 0.6 is 0 Å². The van der Waals surface area contributed by atoms with Gasteiger partial charge in [-0.15, -0.1) is 0 Å². The van der Waals surface area contributed by atoms with Crippen LogP contribution in [0.3, 0.4) is 0 Å². The number of rotatable bonds is 3. The van der Waals surface area contributed by atoms with Gasteiger partial charge in [-0.25, -0.2) is 4.79 Å². The molecule has 1 atom stereocenters. The maximum atomic E-state index is 10.6. The van der Waals surface area contributed by atoms with E-state index in [1.807, 2.05) is 0 Å². The van der Waals surface area contributed by atoms with Crippen molar-refractivity contribution in [2.75, 3.05) is 13.2 Å². The van der Waals surface area contributed by atoms with Gasteiger partial charge in [-0.2, -0.15) is 0 Å². The number of carbonyl (C=O) groups is 1. The van der Waals surface area contributed by atoms with E-state index in [0.29, 0.717) is 5.75 Å². The molecule has 1 aromatic carbocycles. The number of phenolic OH excluding ortho intramolecular Hbond substituents is 1. The highest BCUT2D eigenvalue weighted by Crippen LogP contribution is 2.29. The SMILES string of the molecule is Cc1cccc(OCC2COC(=O)O2)c1O. The Morgan fingerprint density at radius 2 is 2.38 bits per heavy atom. The lowest BCUT2D eigenvalue weighted by molar-refractivity contribution is 0.0976. The number of aryl methyl sites for hydroxylation is 1. The summed E-state index contributed by atoms with van der Waals surface area (Å²) in [4.78, 5) is 10.6. The molecular formula is C11H12O5. The van der Waals surface area contributed by atoms with Gasteiger partial charge in [0.05, 0.1) is 0 Å². The highest BCUT2D eigenvalue weighted by molar-refractivity contribution is 5.61. The van der Waals surface area contributed by atoms with Crippen LogP contribution < -0.4 is 4.74 Å². The van der Waals surface area contributed by atoms with Gasteiger partial charge in [0.1, 0.15) is 13.2 Å². The smallest absolute Gasteiger partial charge is 0.504 e. The molecule has 1 N–H and O–H groups in total. The molecule has 86 valence electrons. The van der Waals surface area contributed by atoms with Crippen LogP contribution in [0, 0.1) is 6.92 Å². The van der Waals surface area contributed by atoms with Crippen molar-refractivity contribution < 1.29 is 24.1 Å². The fourth-order valence-electron chi connectivity index (χ4n) is 1.38. The molecule has 0 spiro atoms. The average molecular weight is 224 g/mol. The van der Waals surface area contributed by atoms with Crippen LogP contribution in [0.2, 0.25) is 0 Å². The molecule has 5 heteroatoms. The van der Waals surface area contributed by atoms with Crippen LogP contribution in [0.25, 0.3) is 0 Å². The van der Waals surface area contributed by atoms with Crippen LogP contribution in [-0.2, 0) is 9.47 Å². The zero-order valence-electron chi connectivity index (χ0n) is 8.80. The Morgan fingerprint density at radius 3 is 3.06 bits per heavy atom. The van der Waals surface area contributed by atoms with Gasteiger partial charge in [0.2, 0.25) is 0 Å². The minimum Gasteiger partial charge on any atom is -0.504 e. The van der Waals surface area contributed by atoms with Gasteiger partial charge in [-0.05, 0) is 18.6 Å². The molecule has 16 heavy (non-hydrogen) atoms. The first kappa shape index (κ1) is 10.6. The minimum atomic E-state index is -0.679. The molecular weight excluding hydrogens is 212 g/mol. The second-order valence-electron chi connectivity index (χ2n) is 3.53. The average Bonchev–Trinajstić information content (AvgIpc) is 2.67. The Balaban J connectivity index is 1.94. The van der Waals surface area contributed by atoms with Crippen LogP contribution in [0.5, 0.6) is 11.5 Å². The van der Waals surface area contributed by atoms with Gasteiger partial charge in [0, 0.05) is 0 Å². The number of para-hydroxylation sites is 1. The third-order valence-electron chi connectivity index (χ3n) is 2.28. The van der Waals surface area contributed by atoms with Crippen LogP contribution in [-0.4, -0.2) is 30.6 Å². The van der Waals surface area contributed by atoms with Gasteiger partial charge in [0.25, 0.3) is 0 Å². The van der Waals surface area contributed by atoms with Gasteiger partial charge in [0.15, 0.2) is 17.6 Å². The van der Waals surface area contributed by atoms with Crippen molar-refractivity contribution in [1.29, 1.82) is 0 Å². The number of benzene rings is 1. The highest BCUT2D eigenvalue weighted by Gasteiger charge is 2.25. The zero-order chi connectivity index (χ0) is 11.5. The summed E-state index contributed by atoms with van der Waals surface area (Å²) in [6.07, 6.45) is -1.09. The summed E-state index contributed by atoms with van der Waals surface area (Å²) in [6, 6.07) is 5.21. The maximum absolute atomic E-state index is 10.6. The third-order valence-corrected chi connectivity index (χ3v) is 2.28. The highest BCUT2D eigenvalue weighted by atomic mass is 16.8. The molecule has 1 saturated heterocycles. The summed E-state index contributed by atoms with van der Waals surface area (Å²) < 4.78 is 14.7. The number of hydrogen-bond donors (Lipinski definition) is 1. The van der Waals surface area contributed by atoms with E-state index < -0.39 is 12.3 Å². The van der Waals surface area contributed by atoms with E-state index in [-0.39, 0.29) is 19.0 Å². The summed E-state index contributed by atoms with van der Waals surface area (Å²) >= 11 is 0. The van der Waals surface area contributed by atoms with Crippen molar-refractivity contribution in [1.82, 2.24) is 0 Å². The van der Waals surface area contributed by atoms with Crippen LogP contribution in [0.15, 0.2) is 18.2 Å². The van der Waals surface area contributed by atoms with Gasteiger partial charge in [-0.3, -0.25) is 0 Å². The second-order valence-corrected chi connectivity index (χ2v) is 3.53. The normalized spacial score (nSPS) is 19.1. The van der Waals surface area contributed by atoms with Crippen molar-refractivity contribution in [2.24, 2.45) is 0 Å². The molecule has 0 aromatic heterocycles. The summed E-state index contributed by atoms with van der Waals surface area (Å²) in [5.41, 5.74) is 0.733. The summed E-state index contributed by atoms with van der Waals surface area (Å²) in [5, 5.41) is 9.66. The largest absolute Gasteiger partial charge is 0.508 e. The van der Waals surface area contributed by atoms with Crippen molar-refractivity contribution >= 4 is 6.16 Å². The summed E-state index contributed by atoms with van der Waals surface area (Å²) in [6.45, 7) is 2.13. The Hall–Kier alpha value is -1.91. The fraction of sp³-hybridized carbons (Fsp3) is 0.364. The fourth-order valence-corrected chi connectivity index (χ4v) is 1.38. The Bertz CT molecular complexity index is 401. The Labute approximate surface area is 92.5 Å². The molecule has 2 rings (SSSR count). The third kappa shape index (κ3) is 2.18. The van der Waals surface area contributed by atoms with E-state index in [1.165, 1.54) is 0 Å². The second kappa shape index (κ2) is 4.30. The molecule has 1 heterocycles. The zero-order valence-corrected chi connectivity index (χ0v) is 8.80. The minimum absolute atomic E-state index is 0.104. The number of cyclic esters (lactones) is 2. The van der Waals surface area contributed by atoms with E-state index >= 15 is 0 Å². The molecule has 1 aliphatic rings. The molecule has 5 nitrogen and oxygen atoms in total. The van der Waals surface area contributed by atoms with E-state index in [1.54, 1.807) is 25.1 Å². The Kier molecular flexibility index (Phi) is 2.85. The van der Waals surface area contributed by atoms with Gasteiger partial charge in [-0.1, -0.05) is 12.1 Å². The van der Waals surface area contributed by atoms with Gasteiger partial charge < -0.3 is 19.3 Å². The molecule has 1 aliphatic heterocycles. The molecule has 0 bridgehead atoms. The lowest BCUT2D eigenvalue weighted by Crippen LogP contribution is -2.20. The first-order valence-corrected chi connectivity index (χ1v) is 4.91. The first-order chi connectivity index (χ1) is 7.66. The molecule has 0 radical (unpaired) electrons. The Morgan fingerprint density at radius 1 is 1.56 bits per heavy atom. The summed E-state index contributed by atoms with van der Waals surface area (Å²) in [7, 11) is 0. The topological polar surface area (TPSA) is 65.0 Å². The quantitative estimate of drug-likeness (QED) is 0.790. The number of phenols is 1. The predicted octanol–water partition coefficient (Wildman–Crippen LogP) is 1.61. The number of ether oxygens (including phenoxy) is 3. The summed E-state index contributed by atoms with van der Waals surface area (Å²) in [5.74, 6) is 0.482. The van der Waals surface area contributed by atoms with Crippen LogP contribution in [0.1, 0.15) is 5.56 Å². The van der Waals surface area contributed by atoms with Crippen molar-refractivity contribution in [2.45, 2.75) is 13.0 Å². The first-order valence-electron chi connectivity index (χ1n) is 4.91. The molecule has 1 fully saturated rings. The number of hydrogen-bond acceptors (Lipinski definition) is 5. The monoisotopic (exact) mass is 224 g/mol. The molecule has 1 aromatic rings.